The molecule has 0 aliphatic heterocycles. The molecule has 0 spiro atoms. The average molecular weight is 458 g/mol. The third-order valence-corrected chi connectivity index (χ3v) is 7.94. The topological polar surface area (TPSA) is 125 Å². The molecule has 0 aliphatic carbocycles. The van der Waals surface area contributed by atoms with E-state index in [4.69, 9.17) is 0 Å². The van der Waals surface area contributed by atoms with Crippen LogP contribution in [-0.2, 0) is 16.6 Å². The first-order valence-corrected chi connectivity index (χ1v) is 11.6. The van der Waals surface area contributed by atoms with E-state index in [0.29, 0.717) is 0 Å². The second-order valence-corrected chi connectivity index (χ2v) is 9.84. The van der Waals surface area contributed by atoms with E-state index in [0.717, 1.165) is 21.2 Å². The van der Waals surface area contributed by atoms with E-state index in [2.05, 4.69) is 0 Å². The number of nitrogens with zero attached hydrogens (tertiary/aromatic N) is 3. The molecule has 0 saturated carbocycles. The van der Waals surface area contributed by atoms with Gasteiger partial charge in [-0.05, 0) is 29.1 Å². The summed E-state index contributed by atoms with van der Waals surface area (Å²) in [5.41, 5.74) is 0.770. The molecular formula is C21H19N3O5S2. The number of nitro groups is 1. The average Bonchev–Trinajstić information content (AvgIpc) is 3.32. The van der Waals surface area contributed by atoms with Crippen molar-refractivity contribution in [1.82, 2.24) is 4.31 Å². The van der Waals surface area contributed by atoms with Gasteiger partial charge in [-0.2, -0.15) is 9.57 Å². The number of benzene rings is 2. The van der Waals surface area contributed by atoms with Crippen LogP contribution in [0.4, 0.5) is 5.69 Å². The zero-order chi connectivity index (χ0) is 22.4. The summed E-state index contributed by atoms with van der Waals surface area (Å²) >= 11 is 1.04. The molecule has 0 saturated heterocycles. The van der Waals surface area contributed by atoms with Crippen LogP contribution in [0, 0.1) is 21.4 Å². The number of nitro benzene ring substituents is 1. The molecule has 1 aromatic heterocycles. The Kier molecular flexibility index (Phi) is 7.14. The first-order valence-electron chi connectivity index (χ1n) is 9.23. The van der Waals surface area contributed by atoms with Gasteiger partial charge in [-0.25, -0.2) is 8.42 Å². The fourth-order valence-electron chi connectivity index (χ4n) is 3.17. The molecule has 10 heteroatoms. The fourth-order valence-corrected chi connectivity index (χ4v) is 5.78. The lowest BCUT2D eigenvalue weighted by molar-refractivity contribution is -0.385. The van der Waals surface area contributed by atoms with E-state index in [1.54, 1.807) is 35.7 Å². The van der Waals surface area contributed by atoms with Crippen LogP contribution in [0.1, 0.15) is 22.6 Å². The number of thiophene rings is 1. The first kappa shape index (κ1) is 22.6. The molecule has 1 heterocycles. The van der Waals surface area contributed by atoms with E-state index in [9.17, 15) is 28.9 Å². The van der Waals surface area contributed by atoms with Gasteiger partial charge in [0.15, 0.2) is 0 Å². The minimum Gasteiger partial charge on any atom is -0.396 e. The molecule has 0 unspecified atom stereocenters. The molecule has 0 amide bonds. The van der Waals surface area contributed by atoms with Gasteiger partial charge in [0.1, 0.15) is 4.21 Å². The van der Waals surface area contributed by atoms with Crippen LogP contribution in [0.2, 0.25) is 0 Å². The van der Waals surface area contributed by atoms with Crippen LogP contribution in [-0.4, -0.2) is 35.9 Å². The molecule has 3 rings (SSSR count). The zero-order valence-corrected chi connectivity index (χ0v) is 17.9. The van der Waals surface area contributed by atoms with Crippen molar-refractivity contribution >= 4 is 27.0 Å². The van der Waals surface area contributed by atoms with E-state index in [1.165, 1.54) is 24.3 Å². The number of hydrogen-bond donors (Lipinski definition) is 1. The Hall–Kier alpha value is -3.10. The molecule has 0 fully saturated rings. The summed E-state index contributed by atoms with van der Waals surface area (Å²) in [6, 6.07) is 17.8. The van der Waals surface area contributed by atoms with Crippen molar-refractivity contribution in [2.75, 3.05) is 13.2 Å². The van der Waals surface area contributed by atoms with Crippen molar-refractivity contribution < 1.29 is 18.4 Å². The fraction of sp³-hybridized carbons (Fsp3) is 0.190. The minimum absolute atomic E-state index is 0.0886. The number of sulfonamides is 1. The molecule has 8 nitrogen and oxygen atoms in total. The maximum Gasteiger partial charge on any atom is 0.274 e. The largest absolute Gasteiger partial charge is 0.396 e. The van der Waals surface area contributed by atoms with Crippen molar-refractivity contribution in [2.45, 2.75) is 16.7 Å². The maximum absolute atomic E-state index is 13.3. The molecule has 1 N–H and O–H groups in total. The van der Waals surface area contributed by atoms with E-state index < -0.39 is 20.9 Å². The molecule has 0 aliphatic rings. The van der Waals surface area contributed by atoms with Crippen molar-refractivity contribution in [3.63, 3.8) is 0 Å². The summed E-state index contributed by atoms with van der Waals surface area (Å²) in [5.74, 6) is -0.533. The van der Waals surface area contributed by atoms with Gasteiger partial charge < -0.3 is 5.11 Å². The van der Waals surface area contributed by atoms with Crippen LogP contribution in [0.15, 0.2) is 70.3 Å². The molecule has 1 atom stereocenters. The van der Waals surface area contributed by atoms with Crippen molar-refractivity contribution in [1.29, 1.82) is 5.26 Å². The second-order valence-electron chi connectivity index (χ2n) is 6.73. The monoisotopic (exact) mass is 457 g/mol. The standard InChI is InChI=1S/C21H19N3O5S2/c22-12-16-8-9-20(24(26)27)18(11-16)13-23(31(28,29)21-7-4-10-30-21)14-19(15-25)17-5-2-1-3-6-17/h1-11,19,25H,13-15H2/t19-/m1/s1. The van der Waals surface area contributed by atoms with Crippen LogP contribution in [0.25, 0.3) is 0 Å². The van der Waals surface area contributed by atoms with Gasteiger partial charge in [0.05, 0.1) is 23.2 Å². The van der Waals surface area contributed by atoms with Crippen molar-refractivity contribution in [2.24, 2.45) is 0 Å². The van der Waals surface area contributed by atoms with Gasteiger partial charge in [0.2, 0.25) is 0 Å². The predicted molar refractivity (Wildman–Crippen MR) is 116 cm³/mol. The molecule has 0 radical (unpaired) electrons. The number of nitriles is 1. The van der Waals surface area contributed by atoms with Gasteiger partial charge in [-0.1, -0.05) is 36.4 Å². The predicted octanol–water partition coefficient (Wildman–Crippen LogP) is 3.49. The van der Waals surface area contributed by atoms with Crippen molar-refractivity contribution in [3.8, 4) is 6.07 Å². The third kappa shape index (κ3) is 5.15. The molecule has 3 aromatic rings. The van der Waals surface area contributed by atoms with E-state index >= 15 is 0 Å². The van der Waals surface area contributed by atoms with Crippen LogP contribution in [0.3, 0.4) is 0 Å². The number of aliphatic hydroxyl groups excluding tert-OH is 1. The lowest BCUT2D eigenvalue weighted by Crippen LogP contribution is -2.35. The number of rotatable bonds is 9. The lowest BCUT2D eigenvalue weighted by atomic mass is 10.00. The zero-order valence-electron chi connectivity index (χ0n) is 16.3. The van der Waals surface area contributed by atoms with Crippen LogP contribution < -0.4 is 0 Å². The molecule has 31 heavy (non-hydrogen) atoms. The van der Waals surface area contributed by atoms with Gasteiger partial charge >= 0.3 is 0 Å². The number of aliphatic hydroxyl groups is 1. The molecule has 2 aromatic carbocycles. The normalized spacial score (nSPS) is 12.4. The van der Waals surface area contributed by atoms with Gasteiger partial charge in [0, 0.05) is 30.6 Å². The van der Waals surface area contributed by atoms with Crippen LogP contribution in [0.5, 0.6) is 0 Å². The Balaban J connectivity index is 2.05. The second kappa shape index (κ2) is 9.80. The summed E-state index contributed by atoms with van der Waals surface area (Å²) in [6.07, 6.45) is 0. The lowest BCUT2D eigenvalue weighted by Gasteiger charge is -2.26. The van der Waals surface area contributed by atoms with Gasteiger partial charge in [0.25, 0.3) is 15.7 Å². The molecule has 160 valence electrons. The molecular weight excluding hydrogens is 438 g/mol. The third-order valence-electron chi connectivity index (χ3n) is 4.76. The highest BCUT2D eigenvalue weighted by atomic mass is 32.2. The maximum atomic E-state index is 13.3. The first-order chi connectivity index (χ1) is 14.9. The number of hydrogen-bond acceptors (Lipinski definition) is 7. The highest BCUT2D eigenvalue weighted by Crippen LogP contribution is 2.29. The van der Waals surface area contributed by atoms with E-state index in [1.807, 2.05) is 12.1 Å². The molecule has 0 bridgehead atoms. The highest BCUT2D eigenvalue weighted by Gasteiger charge is 2.30. The quantitative estimate of drug-likeness (QED) is 0.387. The van der Waals surface area contributed by atoms with E-state index in [-0.39, 0.29) is 40.7 Å². The van der Waals surface area contributed by atoms with Gasteiger partial charge in [-0.15, -0.1) is 11.3 Å². The Morgan fingerprint density at radius 2 is 1.90 bits per heavy atom. The Morgan fingerprint density at radius 1 is 1.16 bits per heavy atom. The highest BCUT2D eigenvalue weighted by molar-refractivity contribution is 7.91. The minimum atomic E-state index is -4.00. The van der Waals surface area contributed by atoms with Crippen LogP contribution >= 0.6 is 11.3 Å². The summed E-state index contributed by atoms with van der Waals surface area (Å²) in [7, 11) is -4.00. The van der Waals surface area contributed by atoms with Crippen molar-refractivity contribution in [3.05, 3.63) is 92.8 Å². The summed E-state index contributed by atoms with van der Waals surface area (Å²) in [5, 5.41) is 32.3. The summed E-state index contributed by atoms with van der Waals surface area (Å²) < 4.78 is 27.9. The Bertz CT molecular complexity index is 1190. The SMILES string of the molecule is N#Cc1ccc([N+](=O)[O-])c(CN(C[C@H](CO)c2ccccc2)S(=O)(=O)c2cccs2)c1. The summed E-state index contributed by atoms with van der Waals surface area (Å²) in [4.78, 5) is 10.9. The van der Waals surface area contributed by atoms with Gasteiger partial charge in [-0.3, -0.25) is 10.1 Å². The summed E-state index contributed by atoms with van der Waals surface area (Å²) in [6.45, 7) is -0.703. The Morgan fingerprint density at radius 3 is 2.48 bits per heavy atom. The smallest absolute Gasteiger partial charge is 0.274 e. The Labute approximate surface area is 183 Å².